The first-order valence-electron chi connectivity index (χ1n) is 5.33. The van der Waals surface area contributed by atoms with Crippen molar-refractivity contribution >= 4 is 54.5 Å². The van der Waals surface area contributed by atoms with Gasteiger partial charge in [-0.15, -0.1) is 11.3 Å². The number of halogens is 1. The molecule has 1 aromatic heterocycles. The summed E-state index contributed by atoms with van der Waals surface area (Å²) in [6.07, 6.45) is 0. The molecule has 0 amide bonds. The maximum Gasteiger partial charge on any atom is 0.253 e. The van der Waals surface area contributed by atoms with E-state index in [9.17, 15) is 8.42 Å². The molecular formula is C10H15BrN2O2S3. The molecule has 0 aliphatic heterocycles. The van der Waals surface area contributed by atoms with Gasteiger partial charge >= 0.3 is 0 Å². The molecule has 2 N–H and O–H groups in total. The van der Waals surface area contributed by atoms with Gasteiger partial charge in [-0.3, -0.25) is 0 Å². The Kier molecular flexibility index (Phi) is 5.72. The number of sulfonamides is 1. The highest BCUT2D eigenvalue weighted by Gasteiger charge is 2.28. The largest absolute Gasteiger partial charge is 0.393 e. The zero-order valence-electron chi connectivity index (χ0n) is 10.1. The number of hydrogen-bond donors (Lipinski definition) is 1. The molecule has 0 aliphatic rings. The first-order valence-corrected chi connectivity index (χ1v) is 8.85. The van der Waals surface area contributed by atoms with Gasteiger partial charge in [0.25, 0.3) is 10.0 Å². The minimum Gasteiger partial charge on any atom is -0.393 e. The molecule has 1 rings (SSSR count). The van der Waals surface area contributed by atoms with Crippen LogP contribution >= 0.6 is 39.5 Å². The molecule has 102 valence electrons. The second-order valence-corrected chi connectivity index (χ2v) is 8.19. The van der Waals surface area contributed by atoms with Gasteiger partial charge in [0.05, 0.1) is 4.99 Å². The van der Waals surface area contributed by atoms with Crippen molar-refractivity contribution in [2.24, 2.45) is 11.7 Å². The number of hydrogen-bond acceptors (Lipinski definition) is 4. The lowest BCUT2D eigenvalue weighted by Crippen LogP contribution is -2.37. The van der Waals surface area contributed by atoms with Crippen LogP contribution in [-0.4, -0.2) is 30.8 Å². The summed E-state index contributed by atoms with van der Waals surface area (Å²) >= 11 is 9.33. The lowest BCUT2D eigenvalue weighted by Gasteiger charge is -2.23. The SMILES string of the molecule is CCN(CC(C)C(N)=S)S(=O)(=O)c1sccc1Br. The van der Waals surface area contributed by atoms with Gasteiger partial charge in [0.15, 0.2) is 0 Å². The van der Waals surface area contributed by atoms with E-state index < -0.39 is 10.0 Å². The number of thiophene rings is 1. The first kappa shape index (κ1) is 16.0. The highest BCUT2D eigenvalue weighted by molar-refractivity contribution is 9.10. The van der Waals surface area contributed by atoms with Crippen LogP contribution in [0.2, 0.25) is 0 Å². The molecule has 0 saturated carbocycles. The zero-order valence-corrected chi connectivity index (χ0v) is 14.1. The highest BCUT2D eigenvalue weighted by Crippen LogP contribution is 2.30. The Hall–Kier alpha value is -0.0200. The molecule has 1 aromatic rings. The second-order valence-electron chi connectivity index (χ2n) is 3.82. The van der Waals surface area contributed by atoms with E-state index in [-0.39, 0.29) is 5.92 Å². The Labute approximate surface area is 125 Å². The van der Waals surface area contributed by atoms with E-state index in [2.05, 4.69) is 15.9 Å². The predicted octanol–water partition coefficient (Wildman–Crippen LogP) is 2.44. The molecule has 1 unspecified atom stereocenters. The van der Waals surface area contributed by atoms with E-state index in [1.165, 1.54) is 15.6 Å². The number of nitrogens with zero attached hydrogens (tertiary/aromatic N) is 1. The molecule has 0 spiro atoms. The molecular weight excluding hydrogens is 356 g/mol. The van der Waals surface area contributed by atoms with Gasteiger partial charge in [-0.2, -0.15) is 4.31 Å². The second kappa shape index (κ2) is 6.42. The van der Waals surface area contributed by atoms with Crippen LogP contribution in [-0.2, 0) is 10.0 Å². The fourth-order valence-electron chi connectivity index (χ4n) is 1.37. The molecule has 8 heteroatoms. The Balaban J connectivity index is 3.02. The fraction of sp³-hybridized carbons (Fsp3) is 0.500. The van der Waals surface area contributed by atoms with Crippen molar-refractivity contribution in [1.82, 2.24) is 4.31 Å². The smallest absolute Gasteiger partial charge is 0.253 e. The lowest BCUT2D eigenvalue weighted by molar-refractivity contribution is 0.406. The quantitative estimate of drug-likeness (QED) is 0.781. The van der Waals surface area contributed by atoms with Crippen LogP contribution in [0.4, 0.5) is 0 Å². The average molecular weight is 371 g/mol. The van der Waals surface area contributed by atoms with E-state index in [0.29, 0.717) is 26.8 Å². The zero-order chi connectivity index (χ0) is 13.9. The van der Waals surface area contributed by atoms with Crippen molar-refractivity contribution in [3.8, 4) is 0 Å². The van der Waals surface area contributed by atoms with Crippen LogP contribution in [0.15, 0.2) is 20.1 Å². The third-order valence-electron chi connectivity index (χ3n) is 2.47. The summed E-state index contributed by atoms with van der Waals surface area (Å²) in [6, 6.07) is 1.72. The van der Waals surface area contributed by atoms with E-state index in [1.807, 2.05) is 6.92 Å². The van der Waals surface area contributed by atoms with Crippen molar-refractivity contribution in [3.63, 3.8) is 0 Å². The van der Waals surface area contributed by atoms with E-state index in [1.54, 1.807) is 18.4 Å². The lowest BCUT2D eigenvalue weighted by atomic mass is 10.2. The highest BCUT2D eigenvalue weighted by atomic mass is 79.9. The molecule has 0 aromatic carbocycles. The summed E-state index contributed by atoms with van der Waals surface area (Å²) in [5.74, 6) is -0.145. The molecule has 4 nitrogen and oxygen atoms in total. The normalized spacial score (nSPS) is 13.8. The Morgan fingerprint density at radius 3 is 2.67 bits per heavy atom. The first-order chi connectivity index (χ1) is 8.30. The molecule has 0 aliphatic carbocycles. The van der Waals surface area contributed by atoms with Crippen LogP contribution in [0, 0.1) is 5.92 Å². The Bertz CT molecular complexity index is 527. The van der Waals surface area contributed by atoms with Gasteiger partial charge in [-0.05, 0) is 27.4 Å². The predicted molar refractivity (Wildman–Crippen MR) is 82.4 cm³/mol. The van der Waals surface area contributed by atoms with Gasteiger partial charge in [-0.25, -0.2) is 8.42 Å². The van der Waals surface area contributed by atoms with Crippen molar-refractivity contribution in [3.05, 3.63) is 15.9 Å². The molecule has 0 radical (unpaired) electrons. The molecule has 18 heavy (non-hydrogen) atoms. The fourth-order valence-corrected chi connectivity index (χ4v) is 5.44. The van der Waals surface area contributed by atoms with Gasteiger partial charge in [0, 0.05) is 23.5 Å². The minimum absolute atomic E-state index is 0.145. The summed E-state index contributed by atoms with van der Waals surface area (Å²) in [4.78, 5) is 0.328. The molecule has 1 heterocycles. The molecule has 0 bridgehead atoms. The number of thiocarbonyl (C=S) groups is 1. The number of rotatable bonds is 6. The van der Waals surface area contributed by atoms with E-state index >= 15 is 0 Å². The van der Waals surface area contributed by atoms with Gasteiger partial charge in [0.2, 0.25) is 0 Å². The van der Waals surface area contributed by atoms with Gasteiger partial charge in [0.1, 0.15) is 4.21 Å². The summed E-state index contributed by atoms with van der Waals surface area (Å²) < 4.78 is 27.2. The van der Waals surface area contributed by atoms with Crippen molar-refractivity contribution < 1.29 is 8.42 Å². The average Bonchev–Trinajstić information content (AvgIpc) is 2.72. The summed E-state index contributed by atoms with van der Waals surface area (Å²) in [6.45, 7) is 4.31. The topological polar surface area (TPSA) is 63.4 Å². The van der Waals surface area contributed by atoms with E-state index in [0.717, 1.165) is 0 Å². The Morgan fingerprint density at radius 2 is 2.28 bits per heavy atom. The Morgan fingerprint density at radius 1 is 1.67 bits per heavy atom. The standard InChI is InChI=1S/C10H15BrN2O2S3/c1-3-13(6-7(2)9(12)16)18(14,15)10-8(11)4-5-17-10/h4-5,7H,3,6H2,1-2H3,(H2,12,16). The monoisotopic (exact) mass is 370 g/mol. The molecule has 0 saturated heterocycles. The molecule has 0 fully saturated rings. The summed E-state index contributed by atoms with van der Waals surface area (Å²) in [5.41, 5.74) is 5.53. The minimum atomic E-state index is -3.48. The van der Waals surface area contributed by atoms with Crippen molar-refractivity contribution in [1.29, 1.82) is 0 Å². The van der Waals surface area contributed by atoms with Gasteiger partial charge < -0.3 is 5.73 Å². The number of nitrogens with two attached hydrogens (primary N) is 1. The maximum atomic E-state index is 12.4. The van der Waals surface area contributed by atoms with Crippen LogP contribution in [0.3, 0.4) is 0 Å². The maximum absolute atomic E-state index is 12.4. The van der Waals surface area contributed by atoms with Crippen molar-refractivity contribution in [2.45, 2.75) is 18.1 Å². The third-order valence-corrected chi connectivity index (χ3v) is 7.46. The van der Waals surface area contributed by atoms with Crippen LogP contribution in [0.25, 0.3) is 0 Å². The summed E-state index contributed by atoms with van der Waals surface area (Å²) in [5, 5.41) is 1.74. The van der Waals surface area contributed by atoms with Crippen LogP contribution < -0.4 is 5.73 Å². The third kappa shape index (κ3) is 3.51. The van der Waals surface area contributed by atoms with Gasteiger partial charge in [-0.1, -0.05) is 26.1 Å². The van der Waals surface area contributed by atoms with Crippen LogP contribution in [0.5, 0.6) is 0 Å². The summed E-state index contributed by atoms with van der Waals surface area (Å²) in [7, 11) is -3.48. The molecule has 1 atom stereocenters. The van der Waals surface area contributed by atoms with Crippen molar-refractivity contribution in [2.75, 3.05) is 13.1 Å². The van der Waals surface area contributed by atoms with E-state index in [4.69, 9.17) is 18.0 Å². The van der Waals surface area contributed by atoms with Crippen LogP contribution in [0.1, 0.15) is 13.8 Å².